The van der Waals surface area contributed by atoms with Crippen molar-refractivity contribution < 1.29 is 0 Å². The maximum Gasteiger partial charge on any atom is 0.00749 e. The lowest BCUT2D eigenvalue weighted by Gasteiger charge is -2.22. The predicted molar refractivity (Wildman–Crippen MR) is 48.6 cm³/mol. The quantitative estimate of drug-likeness (QED) is 0.675. The average Bonchev–Trinajstić information content (AvgIpc) is 2.03. The zero-order valence-corrected chi connectivity index (χ0v) is 7.54. The van der Waals surface area contributed by atoms with E-state index in [-0.39, 0.29) is 0 Å². The van der Waals surface area contributed by atoms with Gasteiger partial charge in [0.05, 0.1) is 0 Å². The van der Waals surface area contributed by atoms with E-state index in [1.807, 2.05) is 11.8 Å². The molecule has 10 heavy (non-hydrogen) atoms. The van der Waals surface area contributed by atoms with Crippen molar-refractivity contribution in [1.82, 2.24) is 5.32 Å². The minimum atomic E-state index is 0.834. The summed E-state index contributed by atoms with van der Waals surface area (Å²) in [5.41, 5.74) is 0. The Bertz CT molecular complexity index is 79.3. The zero-order chi connectivity index (χ0) is 7.23. The maximum atomic E-state index is 3.54. The molecule has 0 amide bonds. The smallest absolute Gasteiger partial charge is 0.00749 e. The highest BCUT2D eigenvalue weighted by molar-refractivity contribution is 7.98. The van der Waals surface area contributed by atoms with Gasteiger partial charge in [0.15, 0.2) is 0 Å². The molecule has 1 fully saturated rings. The van der Waals surface area contributed by atoms with E-state index in [1.54, 1.807) is 0 Å². The van der Waals surface area contributed by atoms with Crippen LogP contribution in [0.5, 0.6) is 0 Å². The van der Waals surface area contributed by atoms with Gasteiger partial charge in [0, 0.05) is 6.04 Å². The molecule has 1 saturated heterocycles. The molecular formula is C8H17NS. The van der Waals surface area contributed by atoms with Gasteiger partial charge in [-0.1, -0.05) is 6.42 Å². The molecule has 1 heterocycles. The van der Waals surface area contributed by atoms with E-state index < -0.39 is 0 Å². The second-order valence-electron chi connectivity index (χ2n) is 2.93. The molecule has 0 aliphatic carbocycles. The average molecular weight is 159 g/mol. The van der Waals surface area contributed by atoms with Crippen LogP contribution < -0.4 is 5.32 Å². The van der Waals surface area contributed by atoms with E-state index in [9.17, 15) is 0 Å². The van der Waals surface area contributed by atoms with Crippen LogP contribution in [0.25, 0.3) is 0 Å². The van der Waals surface area contributed by atoms with E-state index in [0.717, 1.165) is 6.04 Å². The second-order valence-corrected chi connectivity index (χ2v) is 3.91. The van der Waals surface area contributed by atoms with Crippen LogP contribution in [-0.2, 0) is 0 Å². The molecule has 1 aliphatic rings. The Kier molecular flexibility index (Phi) is 4.23. The first-order valence-corrected chi connectivity index (χ1v) is 5.55. The fourth-order valence-electron chi connectivity index (χ4n) is 1.43. The molecule has 0 radical (unpaired) electrons. The Morgan fingerprint density at radius 1 is 1.50 bits per heavy atom. The van der Waals surface area contributed by atoms with Crippen molar-refractivity contribution in [2.45, 2.75) is 31.7 Å². The fourth-order valence-corrected chi connectivity index (χ4v) is 1.95. The fraction of sp³-hybridized carbons (Fsp3) is 1.00. The van der Waals surface area contributed by atoms with Crippen LogP contribution in [0.15, 0.2) is 0 Å². The molecule has 0 bridgehead atoms. The van der Waals surface area contributed by atoms with Gasteiger partial charge in [-0.05, 0) is 37.8 Å². The van der Waals surface area contributed by atoms with Crippen LogP contribution in [0.2, 0.25) is 0 Å². The SMILES string of the molecule is CSCCC1CCCCN1. The summed E-state index contributed by atoms with van der Waals surface area (Å²) in [6.07, 6.45) is 7.77. The molecule has 0 saturated carbocycles. The van der Waals surface area contributed by atoms with Gasteiger partial charge in [-0.25, -0.2) is 0 Å². The predicted octanol–water partition coefficient (Wildman–Crippen LogP) is 1.88. The molecular weight excluding hydrogens is 142 g/mol. The molecule has 0 aromatic carbocycles. The first-order valence-electron chi connectivity index (χ1n) is 4.16. The standard InChI is InChI=1S/C8H17NS/c1-10-7-5-8-4-2-3-6-9-8/h8-9H,2-7H2,1H3. The highest BCUT2D eigenvalue weighted by Gasteiger charge is 2.10. The molecule has 1 atom stereocenters. The van der Waals surface area contributed by atoms with E-state index in [0.29, 0.717) is 0 Å². The van der Waals surface area contributed by atoms with Crippen LogP contribution in [0.1, 0.15) is 25.7 Å². The van der Waals surface area contributed by atoms with Crippen molar-refractivity contribution in [3.63, 3.8) is 0 Å². The first kappa shape index (κ1) is 8.41. The molecule has 1 aliphatic heterocycles. The molecule has 0 spiro atoms. The summed E-state index contributed by atoms with van der Waals surface area (Å²) in [6, 6.07) is 0.834. The Morgan fingerprint density at radius 2 is 2.40 bits per heavy atom. The van der Waals surface area contributed by atoms with E-state index in [4.69, 9.17) is 0 Å². The van der Waals surface area contributed by atoms with Crippen LogP contribution in [0.4, 0.5) is 0 Å². The van der Waals surface area contributed by atoms with Crippen LogP contribution >= 0.6 is 11.8 Å². The summed E-state index contributed by atoms with van der Waals surface area (Å²) in [4.78, 5) is 0. The minimum Gasteiger partial charge on any atom is -0.314 e. The van der Waals surface area contributed by atoms with Gasteiger partial charge in [0.2, 0.25) is 0 Å². The normalized spacial score (nSPS) is 26.7. The molecule has 1 rings (SSSR count). The van der Waals surface area contributed by atoms with Gasteiger partial charge in [-0.3, -0.25) is 0 Å². The number of hydrogen-bond donors (Lipinski definition) is 1. The van der Waals surface area contributed by atoms with Crippen molar-refractivity contribution in [2.75, 3.05) is 18.6 Å². The Morgan fingerprint density at radius 3 is 3.00 bits per heavy atom. The maximum absolute atomic E-state index is 3.54. The lowest BCUT2D eigenvalue weighted by atomic mass is 10.0. The second kappa shape index (κ2) is 5.03. The van der Waals surface area contributed by atoms with Crippen LogP contribution in [-0.4, -0.2) is 24.6 Å². The highest BCUT2D eigenvalue weighted by atomic mass is 32.2. The minimum absolute atomic E-state index is 0.834. The summed E-state index contributed by atoms with van der Waals surface area (Å²) in [7, 11) is 0. The Labute approximate surface area is 68.0 Å². The molecule has 60 valence electrons. The topological polar surface area (TPSA) is 12.0 Å². The molecule has 2 heteroatoms. The highest BCUT2D eigenvalue weighted by Crippen LogP contribution is 2.11. The lowest BCUT2D eigenvalue weighted by Crippen LogP contribution is -2.34. The number of thioether (sulfide) groups is 1. The van der Waals surface area contributed by atoms with Crippen molar-refractivity contribution in [3.05, 3.63) is 0 Å². The molecule has 1 unspecified atom stereocenters. The van der Waals surface area contributed by atoms with Crippen molar-refractivity contribution in [1.29, 1.82) is 0 Å². The van der Waals surface area contributed by atoms with Crippen LogP contribution in [0, 0.1) is 0 Å². The van der Waals surface area contributed by atoms with Crippen molar-refractivity contribution >= 4 is 11.8 Å². The van der Waals surface area contributed by atoms with Crippen LogP contribution in [0.3, 0.4) is 0 Å². The number of hydrogen-bond acceptors (Lipinski definition) is 2. The third-order valence-corrected chi connectivity index (χ3v) is 2.73. The number of rotatable bonds is 3. The number of piperidine rings is 1. The first-order chi connectivity index (χ1) is 4.93. The van der Waals surface area contributed by atoms with Crippen molar-refractivity contribution in [3.8, 4) is 0 Å². The van der Waals surface area contributed by atoms with Crippen molar-refractivity contribution in [2.24, 2.45) is 0 Å². The summed E-state index contributed by atoms with van der Waals surface area (Å²) in [5, 5.41) is 3.54. The Hall–Kier alpha value is 0.310. The third kappa shape index (κ3) is 2.93. The monoisotopic (exact) mass is 159 g/mol. The summed E-state index contributed by atoms with van der Waals surface area (Å²) in [5.74, 6) is 1.32. The molecule has 0 aromatic heterocycles. The zero-order valence-electron chi connectivity index (χ0n) is 6.73. The van der Waals surface area contributed by atoms with Gasteiger partial charge in [-0.2, -0.15) is 11.8 Å². The van der Waals surface area contributed by atoms with Gasteiger partial charge in [-0.15, -0.1) is 0 Å². The van der Waals surface area contributed by atoms with Gasteiger partial charge in [0.1, 0.15) is 0 Å². The molecule has 1 nitrogen and oxygen atoms in total. The van der Waals surface area contributed by atoms with E-state index in [1.165, 1.54) is 38.0 Å². The van der Waals surface area contributed by atoms with Gasteiger partial charge in [0.25, 0.3) is 0 Å². The van der Waals surface area contributed by atoms with Gasteiger partial charge >= 0.3 is 0 Å². The summed E-state index contributed by atoms with van der Waals surface area (Å²) < 4.78 is 0. The summed E-state index contributed by atoms with van der Waals surface area (Å²) in [6.45, 7) is 1.25. The van der Waals surface area contributed by atoms with Gasteiger partial charge < -0.3 is 5.32 Å². The molecule has 1 N–H and O–H groups in total. The lowest BCUT2D eigenvalue weighted by molar-refractivity contribution is 0.395. The van der Waals surface area contributed by atoms with E-state index >= 15 is 0 Å². The Balaban J connectivity index is 2.02. The summed E-state index contributed by atoms with van der Waals surface area (Å²) >= 11 is 1.96. The molecule has 0 aromatic rings. The third-order valence-electron chi connectivity index (χ3n) is 2.08. The largest absolute Gasteiger partial charge is 0.314 e. The number of nitrogens with one attached hydrogen (secondary N) is 1. The van der Waals surface area contributed by atoms with E-state index in [2.05, 4.69) is 11.6 Å².